The Morgan fingerprint density at radius 2 is 2.44 bits per heavy atom. The normalized spacial score (nSPS) is 21.1. The molecule has 0 radical (unpaired) electrons. The van der Waals surface area contributed by atoms with Crippen molar-refractivity contribution >= 4 is 15.8 Å². The SMILES string of the molecule is CC1=CCN=C1S(C)=O. The molecule has 0 aliphatic carbocycles. The molecule has 2 nitrogen and oxygen atoms in total. The average Bonchev–Trinajstić information content (AvgIpc) is 2.13. The van der Waals surface area contributed by atoms with Gasteiger partial charge in [-0.05, 0) is 12.5 Å². The molecule has 0 saturated carbocycles. The van der Waals surface area contributed by atoms with Crippen LogP contribution in [0.1, 0.15) is 6.92 Å². The minimum atomic E-state index is -0.889. The fourth-order valence-corrected chi connectivity index (χ4v) is 1.59. The second kappa shape index (κ2) is 2.43. The Kier molecular flexibility index (Phi) is 1.81. The molecule has 0 N–H and O–H groups in total. The highest BCUT2D eigenvalue weighted by atomic mass is 32.2. The first-order valence-electron chi connectivity index (χ1n) is 2.77. The van der Waals surface area contributed by atoms with E-state index in [0.29, 0.717) is 6.54 Å². The van der Waals surface area contributed by atoms with E-state index in [-0.39, 0.29) is 0 Å². The van der Waals surface area contributed by atoms with Crippen LogP contribution in [0.3, 0.4) is 0 Å². The number of hydrogen-bond acceptors (Lipinski definition) is 2. The number of hydrogen-bond donors (Lipinski definition) is 0. The maximum Gasteiger partial charge on any atom is 0.124 e. The van der Waals surface area contributed by atoms with Gasteiger partial charge in [-0.1, -0.05) is 6.08 Å². The zero-order valence-corrected chi connectivity index (χ0v) is 6.36. The molecule has 1 atom stereocenters. The van der Waals surface area contributed by atoms with Gasteiger partial charge < -0.3 is 0 Å². The van der Waals surface area contributed by atoms with E-state index < -0.39 is 10.8 Å². The molecule has 0 aromatic heterocycles. The monoisotopic (exact) mass is 143 g/mol. The number of rotatable bonds is 0. The third-order valence-electron chi connectivity index (χ3n) is 1.24. The summed E-state index contributed by atoms with van der Waals surface area (Å²) in [4.78, 5) is 4.04. The van der Waals surface area contributed by atoms with Gasteiger partial charge in [0.15, 0.2) is 0 Å². The molecule has 50 valence electrons. The second-order valence-electron chi connectivity index (χ2n) is 1.99. The van der Waals surface area contributed by atoms with E-state index in [1.807, 2.05) is 13.0 Å². The van der Waals surface area contributed by atoms with Gasteiger partial charge in [0.1, 0.15) is 5.04 Å². The van der Waals surface area contributed by atoms with Crippen molar-refractivity contribution in [2.75, 3.05) is 12.8 Å². The van der Waals surface area contributed by atoms with Crippen molar-refractivity contribution in [1.29, 1.82) is 0 Å². The van der Waals surface area contributed by atoms with E-state index in [0.717, 1.165) is 10.6 Å². The van der Waals surface area contributed by atoms with Crippen LogP contribution in [0.5, 0.6) is 0 Å². The Hall–Kier alpha value is -0.440. The fraction of sp³-hybridized carbons (Fsp3) is 0.500. The van der Waals surface area contributed by atoms with Gasteiger partial charge in [0.05, 0.1) is 17.3 Å². The van der Waals surface area contributed by atoms with Crippen molar-refractivity contribution in [3.8, 4) is 0 Å². The van der Waals surface area contributed by atoms with Crippen LogP contribution in [-0.2, 0) is 10.8 Å². The van der Waals surface area contributed by atoms with Crippen LogP contribution in [0.2, 0.25) is 0 Å². The molecule has 1 rings (SSSR count). The van der Waals surface area contributed by atoms with Crippen molar-refractivity contribution < 1.29 is 4.21 Å². The zero-order valence-electron chi connectivity index (χ0n) is 5.55. The van der Waals surface area contributed by atoms with Gasteiger partial charge in [0.2, 0.25) is 0 Å². The third kappa shape index (κ3) is 1.27. The minimum Gasteiger partial charge on any atom is -0.271 e. The van der Waals surface area contributed by atoms with E-state index in [1.165, 1.54) is 0 Å². The quantitative estimate of drug-likeness (QED) is 0.491. The maximum atomic E-state index is 10.8. The van der Waals surface area contributed by atoms with Crippen LogP contribution < -0.4 is 0 Å². The molecule has 0 aromatic carbocycles. The van der Waals surface area contributed by atoms with E-state index in [2.05, 4.69) is 4.99 Å². The van der Waals surface area contributed by atoms with E-state index in [9.17, 15) is 4.21 Å². The molecule has 9 heavy (non-hydrogen) atoms. The molecule has 1 heterocycles. The van der Waals surface area contributed by atoms with Crippen LogP contribution in [0.4, 0.5) is 0 Å². The standard InChI is InChI=1S/C6H9NOS/c1-5-3-4-7-6(5)9(2)8/h3H,4H2,1-2H3. The lowest BCUT2D eigenvalue weighted by molar-refractivity contribution is 0.693. The Labute approximate surface area is 57.1 Å². The third-order valence-corrected chi connectivity index (χ3v) is 2.24. The Morgan fingerprint density at radius 1 is 1.78 bits per heavy atom. The second-order valence-corrected chi connectivity index (χ2v) is 3.28. The fourth-order valence-electron chi connectivity index (χ4n) is 0.795. The summed E-state index contributed by atoms with van der Waals surface area (Å²) >= 11 is 0. The van der Waals surface area contributed by atoms with Crippen LogP contribution in [0.15, 0.2) is 16.6 Å². The molecule has 0 saturated heterocycles. The van der Waals surface area contributed by atoms with Gasteiger partial charge in [-0.2, -0.15) is 0 Å². The molecule has 3 heteroatoms. The molecular formula is C6H9NOS. The summed E-state index contributed by atoms with van der Waals surface area (Å²) in [7, 11) is -0.889. The molecule has 0 spiro atoms. The van der Waals surface area contributed by atoms with Gasteiger partial charge >= 0.3 is 0 Å². The Bertz CT molecular complexity index is 205. The topological polar surface area (TPSA) is 29.4 Å². The molecule has 0 aromatic rings. The lowest BCUT2D eigenvalue weighted by Gasteiger charge is -1.93. The predicted molar refractivity (Wildman–Crippen MR) is 40.1 cm³/mol. The van der Waals surface area contributed by atoms with Crippen LogP contribution in [0, 0.1) is 0 Å². The average molecular weight is 143 g/mol. The Balaban J connectivity index is 2.84. The summed E-state index contributed by atoms with van der Waals surface area (Å²) in [6.07, 6.45) is 3.64. The van der Waals surface area contributed by atoms with Crippen molar-refractivity contribution in [3.05, 3.63) is 11.6 Å². The molecule has 0 fully saturated rings. The lowest BCUT2D eigenvalue weighted by atomic mass is 10.3. The molecule has 0 amide bonds. The zero-order chi connectivity index (χ0) is 6.85. The summed E-state index contributed by atoms with van der Waals surface area (Å²) < 4.78 is 10.8. The molecule has 1 aliphatic rings. The van der Waals surface area contributed by atoms with E-state index in [1.54, 1.807) is 6.26 Å². The summed E-state index contributed by atoms with van der Waals surface area (Å²) in [6.45, 7) is 2.65. The van der Waals surface area contributed by atoms with Gasteiger partial charge in [0, 0.05) is 6.26 Å². The van der Waals surface area contributed by atoms with Crippen molar-refractivity contribution in [2.24, 2.45) is 4.99 Å². The van der Waals surface area contributed by atoms with Crippen LogP contribution in [0.25, 0.3) is 0 Å². The van der Waals surface area contributed by atoms with Crippen molar-refractivity contribution in [2.45, 2.75) is 6.92 Å². The molecule has 0 bridgehead atoms. The summed E-state index contributed by atoms with van der Waals surface area (Å²) in [5.41, 5.74) is 1.07. The molecule has 1 unspecified atom stereocenters. The van der Waals surface area contributed by atoms with Gasteiger partial charge in [-0.3, -0.25) is 9.20 Å². The van der Waals surface area contributed by atoms with Gasteiger partial charge in [-0.15, -0.1) is 0 Å². The smallest absolute Gasteiger partial charge is 0.124 e. The minimum absolute atomic E-state index is 0.709. The van der Waals surface area contributed by atoms with Crippen LogP contribution in [-0.4, -0.2) is 22.1 Å². The van der Waals surface area contributed by atoms with E-state index in [4.69, 9.17) is 0 Å². The Morgan fingerprint density at radius 3 is 2.67 bits per heavy atom. The van der Waals surface area contributed by atoms with Crippen molar-refractivity contribution in [3.63, 3.8) is 0 Å². The first-order valence-corrected chi connectivity index (χ1v) is 4.32. The number of nitrogens with zero attached hydrogens (tertiary/aromatic N) is 1. The lowest BCUT2D eigenvalue weighted by Crippen LogP contribution is -2.03. The van der Waals surface area contributed by atoms with Gasteiger partial charge in [0.25, 0.3) is 0 Å². The first kappa shape index (κ1) is 6.68. The maximum absolute atomic E-state index is 10.8. The highest BCUT2D eigenvalue weighted by Gasteiger charge is 2.09. The van der Waals surface area contributed by atoms with E-state index >= 15 is 0 Å². The number of aliphatic imine (C=N–C) groups is 1. The van der Waals surface area contributed by atoms with Crippen molar-refractivity contribution in [1.82, 2.24) is 0 Å². The molecular weight excluding hydrogens is 134 g/mol. The highest BCUT2D eigenvalue weighted by Crippen LogP contribution is 2.06. The summed E-state index contributed by atoms with van der Waals surface area (Å²) in [6, 6.07) is 0. The first-order chi connectivity index (χ1) is 4.22. The van der Waals surface area contributed by atoms with Gasteiger partial charge in [-0.25, -0.2) is 0 Å². The highest BCUT2D eigenvalue weighted by molar-refractivity contribution is 8.00. The predicted octanol–water partition coefficient (Wildman–Crippen LogP) is 0.723. The molecule has 1 aliphatic heterocycles. The largest absolute Gasteiger partial charge is 0.271 e. The summed E-state index contributed by atoms with van der Waals surface area (Å²) in [5, 5.41) is 0.759. The summed E-state index contributed by atoms with van der Waals surface area (Å²) in [5.74, 6) is 0. The van der Waals surface area contributed by atoms with Crippen LogP contribution >= 0.6 is 0 Å².